The third-order valence-electron chi connectivity index (χ3n) is 4.42. The maximum Gasteiger partial charge on any atom is 0.243 e. The van der Waals surface area contributed by atoms with Crippen LogP contribution >= 0.6 is 0 Å². The predicted molar refractivity (Wildman–Crippen MR) is 104 cm³/mol. The molecule has 1 aliphatic rings. The highest BCUT2D eigenvalue weighted by Crippen LogP contribution is 2.11. The van der Waals surface area contributed by atoms with Crippen LogP contribution in [0.4, 0.5) is 5.69 Å². The molecule has 1 amide bonds. The minimum absolute atomic E-state index is 0.0299. The number of para-hydroxylation sites is 1. The maximum atomic E-state index is 11.8. The van der Waals surface area contributed by atoms with Gasteiger partial charge in [0, 0.05) is 53.0 Å². The van der Waals surface area contributed by atoms with E-state index in [-0.39, 0.29) is 12.5 Å². The molecule has 0 spiro atoms. The molecule has 1 heterocycles. The van der Waals surface area contributed by atoms with E-state index in [0.717, 1.165) is 38.6 Å². The second kappa shape index (κ2) is 9.91. The Morgan fingerprint density at radius 1 is 1.16 bits per heavy atom. The number of likely N-dealkylation sites (tertiary alicyclic amines) is 1. The zero-order chi connectivity index (χ0) is 18.1. The van der Waals surface area contributed by atoms with Crippen molar-refractivity contribution in [2.75, 3.05) is 58.8 Å². The van der Waals surface area contributed by atoms with Crippen molar-refractivity contribution >= 4 is 17.6 Å². The Balaban J connectivity index is 1.80. The van der Waals surface area contributed by atoms with Gasteiger partial charge in [0.15, 0.2) is 5.96 Å². The molecule has 6 heteroatoms. The van der Waals surface area contributed by atoms with Gasteiger partial charge in [-0.25, -0.2) is 4.99 Å². The first kappa shape index (κ1) is 19.1. The molecule has 2 rings (SSSR count). The van der Waals surface area contributed by atoms with E-state index in [1.54, 1.807) is 19.0 Å². The van der Waals surface area contributed by atoms with Gasteiger partial charge in [0.25, 0.3) is 0 Å². The quantitative estimate of drug-likeness (QED) is 0.464. The van der Waals surface area contributed by atoms with E-state index in [0.29, 0.717) is 0 Å². The summed E-state index contributed by atoms with van der Waals surface area (Å²) in [5.74, 6) is 0.900. The van der Waals surface area contributed by atoms with Gasteiger partial charge in [0.1, 0.15) is 6.54 Å². The molecule has 6 nitrogen and oxygen atoms in total. The number of hydrogen-bond acceptors (Lipinski definition) is 3. The highest BCUT2D eigenvalue weighted by atomic mass is 16.2. The van der Waals surface area contributed by atoms with Gasteiger partial charge in [-0.2, -0.15) is 0 Å². The third-order valence-corrected chi connectivity index (χ3v) is 4.42. The van der Waals surface area contributed by atoms with Crippen LogP contribution in [0.1, 0.15) is 19.3 Å². The van der Waals surface area contributed by atoms with Crippen LogP contribution in [0.15, 0.2) is 35.3 Å². The van der Waals surface area contributed by atoms with Crippen LogP contribution < -0.4 is 10.2 Å². The summed E-state index contributed by atoms with van der Waals surface area (Å²) in [7, 11) is 5.64. The van der Waals surface area contributed by atoms with Crippen molar-refractivity contribution in [3.63, 3.8) is 0 Å². The molecule has 0 saturated carbocycles. The molecule has 1 aliphatic heterocycles. The van der Waals surface area contributed by atoms with Gasteiger partial charge in [-0.1, -0.05) is 18.2 Å². The molecule has 0 unspecified atom stereocenters. The van der Waals surface area contributed by atoms with Crippen molar-refractivity contribution in [1.29, 1.82) is 0 Å². The number of nitrogens with zero attached hydrogens (tertiary/aromatic N) is 4. The lowest BCUT2D eigenvalue weighted by Gasteiger charge is -2.23. The zero-order valence-electron chi connectivity index (χ0n) is 15.7. The van der Waals surface area contributed by atoms with Crippen LogP contribution in [0.25, 0.3) is 0 Å². The molecular weight excluding hydrogens is 314 g/mol. The molecule has 0 bridgehead atoms. The van der Waals surface area contributed by atoms with E-state index >= 15 is 0 Å². The van der Waals surface area contributed by atoms with Crippen LogP contribution in [0, 0.1) is 0 Å². The van der Waals surface area contributed by atoms with Gasteiger partial charge in [-0.3, -0.25) is 4.79 Å². The number of benzene rings is 1. The molecule has 1 fully saturated rings. The smallest absolute Gasteiger partial charge is 0.243 e. The van der Waals surface area contributed by atoms with E-state index in [2.05, 4.69) is 51.4 Å². The molecular formula is C19H31N5O. The Kier molecular flexibility index (Phi) is 7.57. The van der Waals surface area contributed by atoms with Crippen LogP contribution in [-0.4, -0.2) is 75.5 Å². The number of likely N-dealkylation sites (N-methyl/N-ethyl adjacent to an activating group) is 1. The second-order valence-corrected chi connectivity index (χ2v) is 6.66. The van der Waals surface area contributed by atoms with Crippen molar-refractivity contribution in [3.05, 3.63) is 30.3 Å². The topological polar surface area (TPSA) is 51.2 Å². The number of guanidine groups is 1. The summed E-state index contributed by atoms with van der Waals surface area (Å²) in [6, 6.07) is 10.4. The summed E-state index contributed by atoms with van der Waals surface area (Å²) in [5.41, 5.74) is 1.23. The number of rotatable bonds is 7. The highest BCUT2D eigenvalue weighted by Gasteiger charge is 2.16. The van der Waals surface area contributed by atoms with Crippen molar-refractivity contribution in [2.24, 2.45) is 4.99 Å². The Morgan fingerprint density at radius 3 is 2.48 bits per heavy atom. The number of amides is 1. The fraction of sp³-hybridized carbons (Fsp3) is 0.579. The normalized spacial score (nSPS) is 14.5. The Labute approximate surface area is 151 Å². The van der Waals surface area contributed by atoms with Gasteiger partial charge in [-0.05, 0) is 31.4 Å². The summed E-state index contributed by atoms with van der Waals surface area (Å²) in [6.45, 7) is 4.07. The van der Waals surface area contributed by atoms with Crippen LogP contribution in [0.2, 0.25) is 0 Å². The molecule has 1 aromatic rings. The molecule has 0 aromatic heterocycles. The first-order valence-electron chi connectivity index (χ1n) is 9.07. The van der Waals surface area contributed by atoms with Gasteiger partial charge in [0.05, 0.1) is 0 Å². The van der Waals surface area contributed by atoms with Gasteiger partial charge < -0.3 is 20.0 Å². The first-order chi connectivity index (χ1) is 12.1. The first-order valence-corrected chi connectivity index (χ1v) is 9.07. The van der Waals surface area contributed by atoms with E-state index in [9.17, 15) is 4.79 Å². The number of carbonyl (C=O) groups excluding carboxylic acids is 1. The summed E-state index contributed by atoms with van der Waals surface area (Å²) in [5, 5.41) is 3.44. The lowest BCUT2D eigenvalue weighted by atomic mass is 10.3. The van der Waals surface area contributed by atoms with Gasteiger partial charge >= 0.3 is 0 Å². The summed E-state index contributed by atoms with van der Waals surface area (Å²) in [6.07, 6.45) is 3.40. The van der Waals surface area contributed by atoms with Crippen molar-refractivity contribution < 1.29 is 4.79 Å². The van der Waals surface area contributed by atoms with E-state index in [1.807, 2.05) is 6.07 Å². The molecule has 1 N–H and O–H groups in total. The predicted octanol–water partition coefficient (Wildman–Crippen LogP) is 1.64. The third kappa shape index (κ3) is 6.29. The van der Waals surface area contributed by atoms with Gasteiger partial charge in [-0.15, -0.1) is 0 Å². The Hall–Kier alpha value is -2.24. The summed E-state index contributed by atoms with van der Waals surface area (Å²) in [4.78, 5) is 22.4. The van der Waals surface area contributed by atoms with Crippen LogP contribution in [0.5, 0.6) is 0 Å². The second-order valence-electron chi connectivity index (χ2n) is 6.66. The number of nitrogens with one attached hydrogen (secondary N) is 1. The minimum atomic E-state index is 0.0299. The average Bonchev–Trinajstić information content (AvgIpc) is 3.15. The standard InChI is InChI=1S/C19H31N5O/c1-22(2)18(25)16-21-19(24-14-7-8-15-24)20-12-9-13-23(3)17-10-5-4-6-11-17/h4-6,10-11H,7-9,12-16H2,1-3H3,(H,20,21). The largest absolute Gasteiger partial charge is 0.375 e. The van der Waals surface area contributed by atoms with Crippen LogP contribution in [-0.2, 0) is 4.79 Å². The SMILES string of the molecule is CN(C)C(=O)CN=C(NCCCN(C)c1ccccc1)N1CCCC1. The Bertz CT molecular complexity index is 552. The molecule has 0 atom stereocenters. The summed E-state index contributed by atoms with van der Waals surface area (Å²) >= 11 is 0. The molecule has 138 valence electrons. The fourth-order valence-electron chi connectivity index (χ4n) is 2.81. The zero-order valence-corrected chi connectivity index (χ0v) is 15.7. The Morgan fingerprint density at radius 2 is 1.84 bits per heavy atom. The lowest BCUT2D eigenvalue weighted by molar-refractivity contribution is -0.127. The summed E-state index contributed by atoms with van der Waals surface area (Å²) < 4.78 is 0. The van der Waals surface area contributed by atoms with E-state index in [4.69, 9.17) is 0 Å². The monoisotopic (exact) mass is 345 g/mol. The maximum absolute atomic E-state index is 11.8. The number of hydrogen-bond donors (Lipinski definition) is 1. The number of anilines is 1. The number of carbonyl (C=O) groups is 1. The average molecular weight is 345 g/mol. The highest BCUT2D eigenvalue weighted by molar-refractivity contribution is 5.85. The minimum Gasteiger partial charge on any atom is -0.375 e. The molecule has 0 aliphatic carbocycles. The molecule has 25 heavy (non-hydrogen) atoms. The van der Waals surface area contributed by atoms with Crippen molar-refractivity contribution in [3.8, 4) is 0 Å². The fourth-order valence-corrected chi connectivity index (χ4v) is 2.81. The molecule has 1 aromatic carbocycles. The van der Waals surface area contributed by atoms with Gasteiger partial charge in [0.2, 0.25) is 5.91 Å². The number of aliphatic imine (C=N–C) groups is 1. The van der Waals surface area contributed by atoms with E-state index < -0.39 is 0 Å². The van der Waals surface area contributed by atoms with Crippen LogP contribution in [0.3, 0.4) is 0 Å². The molecule has 0 radical (unpaired) electrons. The van der Waals surface area contributed by atoms with Crippen molar-refractivity contribution in [1.82, 2.24) is 15.1 Å². The van der Waals surface area contributed by atoms with E-state index in [1.165, 1.54) is 18.5 Å². The molecule has 1 saturated heterocycles. The van der Waals surface area contributed by atoms with Crippen molar-refractivity contribution in [2.45, 2.75) is 19.3 Å². The lowest BCUT2D eigenvalue weighted by Crippen LogP contribution is -2.41.